The number of nitrogens with zero attached hydrogens (tertiary/aromatic N) is 1. The molecule has 1 atom stereocenters. The van der Waals surface area contributed by atoms with Crippen molar-refractivity contribution in [3.8, 4) is 0 Å². The molecule has 1 rings (SSSR count). The summed E-state index contributed by atoms with van der Waals surface area (Å²) in [5.74, 6) is 0. The van der Waals surface area contributed by atoms with Crippen LogP contribution >= 0.6 is 0 Å². The fourth-order valence-electron chi connectivity index (χ4n) is 0.870. The van der Waals surface area contributed by atoms with E-state index in [-0.39, 0.29) is 12.3 Å². The Kier molecular flexibility index (Phi) is 1.75. The molecule has 0 bridgehead atoms. The third kappa shape index (κ3) is 1.64. The lowest BCUT2D eigenvalue weighted by Gasteiger charge is -1.99. The molecule has 1 heterocycles. The van der Waals surface area contributed by atoms with E-state index in [4.69, 9.17) is 5.11 Å². The summed E-state index contributed by atoms with van der Waals surface area (Å²) in [5, 5.41) is 10.6. The highest BCUT2D eigenvalue weighted by molar-refractivity contribution is 4.88. The summed E-state index contributed by atoms with van der Waals surface area (Å²) in [6.07, 6.45) is 0.858. The lowest BCUT2D eigenvalue weighted by Crippen LogP contribution is -2.11. The van der Waals surface area contributed by atoms with Crippen LogP contribution in [0.3, 0.4) is 0 Å². The minimum absolute atomic E-state index is 0.190. The average molecular weight is 130 g/mol. The van der Waals surface area contributed by atoms with Crippen LogP contribution < -0.4 is 5.43 Å². The number of nitrogens with one attached hydrogen (secondary N) is 1. The first-order chi connectivity index (χ1) is 4.17. The molecule has 0 aromatic heterocycles. The molecule has 54 valence electrons. The van der Waals surface area contributed by atoms with Gasteiger partial charge in [0.05, 0.1) is 5.66 Å². The Labute approximate surface area is 55.6 Å². The number of aliphatic hydroxyl groups is 1. The van der Waals surface area contributed by atoms with Crippen molar-refractivity contribution in [3.05, 3.63) is 0 Å². The molecule has 1 aliphatic heterocycles. The largest absolute Gasteiger partial charge is 0.396 e. The summed E-state index contributed by atoms with van der Waals surface area (Å²) in [6, 6.07) is 0. The van der Waals surface area contributed by atoms with Gasteiger partial charge in [-0.15, -0.1) is 0 Å². The first kappa shape index (κ1) is 6.99. The van der Waals surface area contributed by atoms with Crippen LogP contribution in [0.2, 0.25) is 0 Å². The van der Waals surface area contributed by atoms with Crippen LogP contribution in [0.5, 0.6) is 0 Å². The van der Waals surface area contributed by atoms with Crippen LogP contribution in [0.25, 0.3) is 0 Å². The molecule has 0 amide bonds. The molecule has 0 radical (unpaired) electrons. The van der Waals surface area contributed by atoms with E-state index in [1.54, 1.807) is 0 Å². The minimum Gasteiger partial charge on any atom is -0.396 e. The maximum absolute atomic E-state index is 8.46. The fraction of sp³-hybridized carbons (Fsp3) is 1.00. The van der Waals surface area contributed by atoms with Crippen molar-refractivity contribution < 1.29 is 5.11 Å². The van der Waals surface area contributed by atoms with Crippen LogP contribution in [-0.4, -0.2) is 28.9 Å². The van der Waals surface area contributed by atoms with Gasteiger partial charge in [-0.1, -0.05) is 0 Å². The molecule has 1 saturated heterocycles. The van der Waals surface area contributed by atoms with Crippen molar-refractivity contribution in [2.24, 2.45) is 0 Å². The quantitative estimate of drug-likeness (QED) is 0.525. The Hall–Kier alpha value is -0.120. The maximum Gasteiger partial charge on any atom is 0.0918 e. The maximum atomic E-state index is 8.46. The lowest BCUT2D eigenvalue weighted by molar-refractivity contribution is 0.268. The van der Waals surface area contributed by atoms with Crippen LogP contribution in [0.15, 0.2) is 0 Å². The van der Waals surface area contributed by atoms with E-state index < -0.39 is 0 Å². The van der Waals surface area contributed by atoms with Gasteiger partial charge in [0, 0.05) is 13.2 Å². The van der Waals surface area contributed by atoms with Gasteiger partial charge in [0.2, 0.25) is 0 Å². The molecule has 2 N–H and O–H groups in total. The molecule has 1 unspecified atom stereocenters. The van der Waals surface area contributed by atoms with Crippen molar-refractivity contribution in [2.75, 3.05) is 13.2 Å². The average Bonchev–Trinajstić information content (AvgIpc) is 2.35. The summed E-state index contributed by atoms with van der Waals surface area (Å²) in [7, 11) is 0. The molecule has 0 aliphatic carbocycles. The van der Waals surface area contributed by atoms with E-state index in [2.05, 4.69) is 24.3 Å². The molecular formula is C6H14N2O. The monoisotopic (exact) mass is 130 g/mol. The van der Waals surface area contributed by atoms with Crippen molar-refractivity contribution >= 4 is 0 Å². The van der Waals surface area contributed by atoms with Gasteiger partial charge in [-0.3, -0.25) is 0 Å². The Morgan fingerprint density at radius 3 is 2.44 bits per heavy atom. The molecule has 3 nitrogen and oxygen atoms in total. The molecule has 0 saturated carbocycles. The van der Waals surface area contributed by atoms with Crippen LogP contribution in [0.1, 0.15) is 20.3 Å². The second-order valence-corrected chi connectivity index (χ2v) is 2.90. The van der Waals surface area contributed by atoms with E-state index in [1.807, 2.05) is 0 Å². The molecule has 0 aromatic carbocycles. The Balaban J connectivity index is 2.06. The third-order valence-electron chi connectivity index (χ3n) is 1.57. The summed E-state index contributed by atoms with van der Waals surface area (Å²) in [4.78, 5) is 0. The Morgan fingerprint density at radius 1 is 1.56 bits per heavy atom. The van der Waals surface area contributed by atoms with Gasteiger partial charge < -0.3 is 5.11 Å². The highest BCUT2D eigenvalue weighted by atomic mass is 16.3. The predicted octanol–water partition coefficient (Wildman–Crippen LogP) is -0.0749. The number of rotatable bonds is 3. The molecule has 9 heavy (non-hydrogen) atoms. The zero-order valence-electron chi connectivity index (χ0n) is 6.02. The lowest BCUT2D eigenvalue weighted by atomic mass is 10.3. The van der Waals surface area contributed by atoms with E-state index >= 15 is 0 Å². The zero-order valence-corrected chi connectivity index (χ0v) is 6.02. The number of aliphatic hydroxyl groups excluding tert-OH is 1. The first-order valence-electron chi connectivity index (χ1n) is 3.33. The second-order valence-electron chi connectivity index (χ2n) is 2.90. The van der Waals surface area contributed by atoms with Gasteiger partial charge in [-0.2, -0.15) is 0 Å². The SMILES string of the molecule is CC1(C)NN1CCCO. The molecule has 1 fully saturated rings. The van der Waals surface area contributed by atoms with Crippen molar-refractivity contribution in [3.63, 3.8) is 0 Å². The highest BCUT2D eigenvalue weighted by Crippen LogP contribution is 2.22. The van der Waals surface area contributed by atoms with Crippen molar-refractivity contribution in [1.82, 2.24) is 10.4 Å². The van der Waals surface area contributed by atoms with E-state index in [0.717, 1.165) is 13.0 Å². The number of hydrogen-bond donors (Lipinski definition) is 2. The second kappa shape index (κ2) is 2.25. The fourth-order valence-corrected chi connectivity index (χ4v) is 0.870. The molecule has 1 aliphatic rings. The smallest absolute Gasteiger partial charge is 0.0918 e. The van der Waals surface area contributed by atoms with Gasteiger partial charge in [-0.25, -0.2) is 10.4 Å². The van der Waals surface area contributed by atoms with E-state index in [0.29, 0.717) is 0 Å². The number of hydrogen-bond acceptors (Lipinski definition) is 3. The molecular weight excluding hydrogens is 116 g/mol. The standard InChI is InChI=1S/C6H14N2O/c1-6(2)7-8(6)4-3-5-9/h7,9H,3-5H2,1-2H3. The Morgan fingerprint density at radius 2 is 2.11 bits per heavy atom. The van der Waals surface area contributed by atoms with Gasteiger partial charge >= 0.3 is 0 Å². The molecule has 0 aromatic rings. The molecule has 3 heteroatoms. The predicted molar refractivity (Wildman–Crippen MR) is 35.6 cm³/mol. The van der Waals surface area contributed by atoms with E-state index in [9.17, 15) is 0 Å². The molecule has 0 spiro atoms. The van der Waals surface area contributed by atoms with Gasteiger partial charge in [0.25, 0.3) is 0 Å². The summed E-state index contributed by atoms with van der Waals surface area (Å²) in [5.41, 5.74) is 3.35. The van der Waals surface area contributed by atoms with Crippen LogP contribution in [-0.2, 0) is 0 Å². The van der Waals surface area contributed by atoms with Crippen molar-refractivity contribution in [2.45, 2.75) is 25.9 Å². The van der Waals surface area contributed by atoms with Gasteiger partial charge in [0.1, 0.15) is 0 Å². The zero-order chi connectivity index (χ0) is 6.91. The summed E-state index contributed by atoms with van der Waals surface area (Å²) < 4.78 is 0. The Bertz CT molecular complexity index is 103. The topological polar surface area (TPSA) is 45.2 Å². The number of hydrazine groups is 1. The highest BCUT2D eigenvalue weighted by Gasteiger charge is 2.41. The van der Waals surface area contributed by atoms with Crippen LogP contribution in [0, 0.1) is 0 Å². The minimum atomic E-state index is 0.190. The van der Waals surface area contributed by atoms with Gasteiger partial charge in [-0.05, 0) is 20.3 Å². The van der Waals surface area contributed by atoms with Crippen molar-refractivity contribution in [1.29, 1.82) is 0 Å². The normalized spacial score (nSPS) is 30.3. The van der Waals surface area contributed by atoms with E-state index in [1.165, 1.54) is 0 Å². The van der Waals surface area contributed by atoms with Gasteiger partial charge in [0.15, 0.2) is 0 Å². The summed E-state index contributed by atoms with van der Waals surface area (Å²) in [6.45, 7) is 5.46. The first-order valence-corrected chi connectivity index (χ1v) is 3.33. The third-order valence-corrected chi connectivity index (χ3v) is 1.57. The van der Waals surface area contributed by atoms with Crippen LogP contribution in [0.4, 0.5) is 0 Å². The summed E-state index contributed by atoms with van der Waals surface area (Å²) >= 11 is 0.